The van der Waals surface area contributed by atoms with Gasteiger partial charge in [-0.25, -0.2) is 9.97 Å². The summed E-state index contributed by atoms with van der Waals surface area (Å²) in [7, 11) is 8.61. The summed E-state index contributed by atoms with van der Waals surface area (Å²) >= 11 is 6.81. The lowest BCUT2D eigenvalue weighted by Gasteiger charge is -2.14. The van der Waals surface area contributed by atoms with Gasteiger partial charge in [0, 0.05) is 33.6 Å². The molecule has 4 aromatic heterocycles. The molecule has 0 spiro atoms. The fourth-order valence-electron chi connectivity index (χ4n) is 6.49. The molecule has 9 heteroatoms. The van der Waals surface area contributed by atoms with Gasteiger partial charge in [-0.05, 0) is 137 Å². The molecule has 296 valence electrons. The minimum absolute atomic E-state index is 0.0984. The van der Waals surface area contributed by atoms with E-state index in [0.29, 0.717) is 11.8 Å². The number of unbranched alkanes of at least 4 members (excludes halogenated alkanes) is 10. The number of nitrogens with zero attached hydrogens (tertiary/aromatic N) is 4. The Bertz CT molecular complexity index is 1570. The summed E-state index contributed by atoms with van der Waals surface area (Å²) in [6, 6.07) is 13.0. The highest BCUT2D eigenvalue weighted by Crippen LogP contribution is 2.41. The topological polar surface area (TPSA) is 49.3 Å². The van der Waals surface area contributed by atoms with Crippen molar-refractivity contribution in [3.63, 3.8) is 0 Å². The molecule has 0 atom stereocenters. The van der Waals surface area contributed by atoms with Gasteiger partial charge in [0.15, 0.2) is 0 Å². The predicted molar refractivity (Wildman–Crippen MR) is 241 cm³/mol. The number of rotatable bonds is 26. The van der Waals surface area contributed by atoms with Crippen molar-refractivity contribution in [1.82, 2.24) is 19.8 Å². The second-order valence-corrected chi connectivity index (χ2v) is 19.7. The van der Waals surface area contributed by atoms with Gasteiger partial charge in [0.1, 0.15) is 10.1 Å². The van der Waals surface area contributed by atoms with Crippen molar-refractivity contribution in [2.24, 2.45) is 0 Å². The summed E-state index contributed by atoms with van der Waals surface area (Å²) in [5.74, 6) is 2.87. The van der Waals surface area contributed by atoms with E-state index >= 15 is 0 Å². The lowest BCUT2D eigenvalue weighted by molar-refractivity contribution is 0.104. The summed E-state index contributed by atoms with van der Waals surface area (Å²) in [4.78, 5) is 31.1. The molecule has 4 rings (SSSR count). The molecule has 0 amide bonds. The Morgan fingerprint density at radius 2 is 0.907 bits per heavy atom. The third-order valence-electron chi connectivity index (χ3n) is 9.75. The maximum Gasteiger partial charge on any atom is 0.214 e. The predicted octanol–water partition coefficient (Wildman–Crippen LogP) is 13.4. The van der Waals surface area contributed by atoms with Crippen LogP contribution in [-0.2, 0) is 0 Å². The summed E-state index contributed by atoms with van der Waals surface area (Å²) in [5, 5.41) is 6.23. The molecule has 54 heavy (non-hydrogen) atoms. The van der Waals surface area contributed by atoms with E-state index in [9.17, 15) is 4.79 Å². The first-order valence-electron chi connectivity index (χ1n) is 20.3. The molecule has 0 unspecified atom stereocenters. The Morgan fingerprint density at radius 3 is 1.28 bits per heavy atom. The number of carbonyl (C=O) groups excluding carboxylic acids is 1. The fourth-order valence-corrected chi connectivity index (χ4v) is 10.4. The van der Waals surface area contributed by atoms with Crippen LogP contribution < -0.4 is 0 Å². The Morgan fingerprint density at radius 1 is 0.537 bits per heavy atom. The minimum Gasteiger partial charge on any atom is -0.309 e. The molecule has 0 aliphatic heterocycles. The maximum atomic E-state index is 14.6. The monoisotopic (exact) mass is 806 g/mol. The molecule has 0 radical (unpaired) electrons. The van der Waals surface area contributed by atoms with Crippen LogP contribution in [0.15, 0.2) is 57.2 Å². The van der Waals surface area contributed by atoms with Gasteiger partial charge in [0.05, 0.1) is 9.75 Å². The van der Waals surface area contributed by atoms with E-state index in [4.69, 9.17) is 9.97 Å². The van der Waals surface area contributed by atoms with Gasteiger partial charge in [0.2, 0.25) is 5.78 Å². The molecule has 0 aliphatic carbocycles. The lowest BCUT2D eigenvalue weighted by atomic mass is 10.0. The van der Waals surface area contributed by atoms with Crippen LogP contribution in [-0.4, -0.2) is 78.3 Å². The Kier molecular flexibility index (Phi) is 19.8. The highest BCUT2D eigenvalue weighted by Gasteiger charge is 2.25. The molecule has 0 bridgehead atoms. The van der Waals surface area contributed by atoms with Crippen molar-refractivity contribution in [3.05, 3.63) is 68.3 Å². The van der Waals surface area contributed by atoms with Crippen LogP contribution in [0.25, 0.3) is 22.3 Å². The molecule has 0 fully saturated rings. The van der Waals surface area contributed by atoms with Gasteiger partial charge in [-0.2, -0.15) is 0 Å². The third-order valence-corrected chi connectivity index (χ3v) is 13.7. The zero-order valence-corrected chi connectivity index (χ0v) is 37.7. The number of thiophene rings is 2. The smallest absolute Gasteiger partial charge is 0.214 e. The van der Waals surface area contributed by atoms with Gasteiger partial charge in [0.25, 0.3) is 0 Å². The number of carbonyl (C=O) groups is 1. The van der Waals surface area contributed by atoms with Crippen LogP contribution in [0, 0.1) is 0 Å². The zero-order valence-electron chi connectivity index (χ0n) is 34.4. The lowest BCUT2D eigenvalue weighted by Crippen LogP contribution is -2.12. The minimum atomic E-state index is 0.0984. The van der Waals surface area contributed by atoms with Gasteiger partial charge < -0.3 is 9.80 Å². The van der Waals surface area contributed by atoms with Crippen LogP contribution in [0.2, 0.25) is 0 Å². The van der Waals surface area contributed by atoms with Crippen LogP contribution >= 0.6 is 46.2 Å². The SMILES string of the molecule is CC(C)c1ccc(-c2ccsc2C(=O)c2sccc2-c2ccc(C(C)C)nc2SCCCCCCCCN(C)C)c(SCCCCCCCCN(C)C)n1. The summed E-state index contributed by atoms with van der Waals surface area (Å²) in [6.07, 6.45) is 15.3. The number of aromatic nitrogens is 2. The van der Waals surface area contributed by atoms with E-state index in [1.54, 1.807) is 22.7 Å². The van der Waals surface area contributed by atoms with Crippen LogP contribution in [0.5, 0.6) is 0 Å². The molecule has 5 nitrogen and oxygen atoms in total. The Balaban J connectivity index is 1.48. The van der Waals surface area contributed by atoms with Crippen molar-refractivity contribution >= 4 is 52.0 Å². The second-order valence-electron chi connectivity index (χ2n) is 15.7. The highest BCUT2D eigenvalue weighted by atomic mass is 32.2. The van der Waals surface area contributed by atoms with Gasteiger partial charge in [-0.15, -0.1) is 46.2 Å². The van der Waals surface area contributed by atoms with Gasteiger partial charge in [-0.1, -0.05) is 79.1 Å². The first kappa shape index (κ1) is 44.7. The highest BCUT2D eigenvalue weighted by molar-refractivity contribution is 7.99. The normalized spacial score (nSPS) is 11.9. The number of thioether (sulfide) groups is 2. The van der Waals surface area contributed by atoms with E-state index in [2.05, 4.69) is 113 Å². The number of ketones is 1. The van der Waals surface area contributed by atoms with Crippen molar-refractivity contribution < 1.29 is 4.79 Å². The summed E-state index contributed by atoms with van der Waals surface area (Å²) < 4.78 is 0. The van der Waals surface area contributed by atoms with Crippen molar-refractivity contribution in [2.75, 3.05) is 52.8 Å². The molecule has 0 aromatic carbocycles. The molecular weight excluding hydrogens is 741 g/mol. The van der Waals surface area contributed by atoms with E-state index < -0.39 is 0 Å². The average Bonchev–Trinajstić information content (AvgIpc) is 3.84. The second kappa shape index (κ2) is 23.9. The summed E-state index contributed by atoms with van der Waals surface area (Å²) in [5.41, 5.74) is 6.36. The summed E-state index contributed by atoms with van der Waals surface area (Å²) in [6.45, 7) is 11.2. The quantitative estimate of drug-likeness (QED) is 0.0356. The third kappa shape index (κ3) is 14.2. The van der Waals surface area contributed by atoms with Crippen molar-refractivity contribution in [1.29, 1.82) is 0 Å². The molecule has 0 saturated heterocycles. The van der Waals surface area contributed by atoms with Crippen molar-refractivity contribution in [3.8, 4) is 22.3 Å². The fraction of sp³-hybridized carbons (Fsp3) is 0.578. The number of hydrogen-bond donors (Lipinski definition) is 0. The van der Waals surface area contributed by atoms with Crippen molar-refractivity contribution in [2.45, 2.75) is 127 Å². The van der Waals surface area contributed by atoms with Crippen LogP contribution in [0.3, 0.4) is 0 Å². The van der Waals surface area contributed by atoms with Gasteiger partial charge >= 0.3 is 0 Å². The largest absolute Gasteiger partial charge is 0.309 e. The zero-order chi connectivity index (χ0) is 38.9. The molecule has 4 aromatic rings. The first-order valence-corrected chi connectivity index (χ1v) is 24.1. The van der Waals surface area contributed by atoms with E-state index in [-0.39, 0.29) is 5.78 Å². The molecule has 0 saturated carbocycles. The molecule has 4 heterocycles. The molecule has 0 N–H and O–H groups in total. The van der Waals surface area contributed by atoms with E-state index in [1.807, 2.05) is 23.5 Å². The standard InChI is InChI=1S/C45H66N4OS4/c1-33(2)39-23-21-37(44(46-39)53-29-19-15-11-9-13-17-27-48(5)6)35-25-31-51-42(35)41(50)43-36(26-32-52-43)38-22-24-40(34(3)4)47-45(38)54-30-20-16-12-10-14-18-28-49(7)8/h21-26,31-34H,9-20,27-30H2,1-8H3. The number of pyridine rings is 2. The average molecular weight is 807 g/mol. The van der Waals surface area contributed by atoms with Gasteiger partial charge in [-0.3, -0.25) is 4.79 Å². The van der Waals surface area contributed by atoms with E-state index in [1.165, 1.54) is 90.1 Å². The first-order chi connectivity index (χ1) is 26.1. The number of hydrogen-bond acceptors (Lipinski definition) is 9. The molecular formula is C45H66N4OS4. The van der Waals surface area contributed by atoms with Crippen LogP contribution in [0.4, 0.5) is 0 Å². The van der Waals surface area contributed by atoms with E-state index in [0.717, 1.165) is 65.0 Å². The van der Waals surface area contributed by atoms with Crippen LogP contribution in [0.1, 0.15) is 143 Å². The Hall–Kier alpha value is -2.01. The molecule has 0 aliphatic rings. The maximum absolute atomic E-state index is 14.6. The Labute approximate surface area is 344 Å².